The highest BCUT2D eigenvalue weighted by Crippen LogP contribution is 2.22. The van der Waals surface area contributed by atoms with Crippen LogP contribution >= 0.6 is 11.3 Å². The van der Waals surface area contributed by atoms with E-state index in [0.717, 1.165) is 24.2 Å². The Hall–Kier alpha value is -1.83. The molecule has 0 unspecified atom stereocenters. The zero-order chi connectivity index (χ0) is 13.5. The van der Waals surface area contributed by atoms with Crippen molar-refractivity contribution in [2.75, 3.05) is 12.1 Å². The van der Waals surface area contributed by atoms with E-state index in [-0.39, 0.29) is 16.6 Å². The zero-order valence-corrected chi connectivity index (χ0v) is 10.9. The molecular formula is C10H14N2O5S. The first-order valence-corrected chi connectivity index (χ1v) is 6.16. The summed E-state index contributed by atoms with van der Waals surface area (Å²) in [4.78, 5) is 30.4. The summed E-state index contributed by atoms with van der Waals surface area (Å²) < 4.78 is 4.73. The molecule has 2 N–H and O–H groups in total. The standard InChI is InChI=1S/C10H14N2O5S/c1-3-4-5-16-10(15)17-12-9-11-6(2)7(18-9)8(13)14/h3-5H2,1-2H3,(H,11,12)(H,13,14). The summed E-state index contributed by atoms with van der Waals surface area (Å²) in [7, 11) is 0. The number of anilines is 1. The van der Waals surface area contributed by atoms with Gasteiger partial charge >= 0.3 is 12.1 Å². The average Bonchev–Trinajstić information content (AvgIpc) is 2.68. The van der Waals surface area contributed by atoms with Gasteiger partial charge in [-0.3, -0.25) is 0 Å². The van der Waals surface area contributed by atoms with E-state index < -0.39 is 12.1 Å². The van der Waals surface area contributed by atoms with E-state index in [0.29, 0.717) is 5.69 Å². The second kappa shape index (κ2) is 6.80. The number of carboxylic acid groups (broad SMARTS) is 1. The number of ether oxygens (including phenoxy) is 1. The Bertz CT molecular complexity index is 432. The lowest BCUT2D eigenvalue weighted by Gasteiger charge is -2.04. The zero-order valence-electron chi connectivity index (χ0n) is 10.1. The Labute approximate surface area is 108 Å². The summed E-state index contributed by atoms with van der Waals surface area (Å²) in [5.74, 6) is -1.07. The van der Waals surface area contributed by atoms with Crippen molar-refractivity contribution in [1.82, 2.24) is 4.98 Å². The number of unbranched alkanes of at least 4 members (excludes halogenated alkanes) is 1. The van der Waals surface area contributed by atoms with Crippen molar-refractivity contribution >= 4 is 28.6 Å². The maximum atomic E-state index is 11.1. The van der Waals surface area contributed by atoms with Gasteiger partial charge in [0.1, 0.15) is 4.88 Å². The lowest BCUT2D eigenvalue weighted by Crippen LogP contribution is -2.12. The molecule has 0 aromatic carbocycles. The maximum absolute atomic E-state index is 11.1. The minimum atomic E-state index is -1.07. The first-order chi connectivity index (χ1) is 8.54. The summed E-state index contributed by atoms with van der Waals surface area (Å²) in [5.41, 5.74) is 2.62. The number of hydrogen-bond acceptors (Lipinski definition) is 7. The van der Waals surface area contributed by atoms with E-state index in [4.69, 9.17) is 9.84 Å². The predicted molar refractivity (Wildman–Crippen MR) is 64.8 cm³/mol. The van der Waals surface area contributed by atoms with Gasteiger partial charge < -0.3 is 14.7 Å². The second-order valence-electron chi connectivity index (χ2n) is 3.39. The van der Waals surface area contributed by atoms with Gasteiger partial charge in [0.05, 0.1) is 12.3 Å². The average molecular weight is 274 g/mol. The van der Waals surface area contributed by atoms with Crippen molar-refractivity contribution in [2.45, 2.75) is 26.7 Å². The summed E-state index contributed by atoms with van der Waals surface area (Å²) in [6.45, 7) is 3.82. The molecule has 100 valence electrons. The van der Waals surface area contributed by atoms with Crippen LogP contribution in [0.1, 0.15) is 35.1 Å². The van der Waals surface area contributed by atoms with Gasteiger partial charge in [-0.25, -0.2) is 14.6 Å². The Balaban J connectivity index is 2.41. The van der Waals surface area contributed by atoms with Crippen molar-refractivity contribution < 1.29 is 24.3 Å². The molecule has 0 fully saturated rings. The molecule has 0 radical (unpaired) electrons. The summed E-state index contributed by atoms with van der Waals surface area (Å²) in [6, 6.07) is 0. The predicted octanol–water partition coefficient (Wildman–Crippen LogP) is 2.43. The highest BCUT2D eigenvalue weighted by molar-refractivity contribution is 7.17. The topological polar surface area (TPSA) is 97.8 Å². The lowest BCUT2D eigenvalue weighted by atomic mass is 10.4. The molecule has 8 heteroatoms. The van der Waals surface area contributed by atoms with Crippen LogP contribution in [0.2, 0.25) is 0 Å². The van der Waals surface area contributed by atoms with Crippen LogP contribution in [0, 0.1) is 6.92 Å². The van der Waals surface area contributed by atoms with Gasteiger partial charge in [-0.15, -0.1) is 0 Å². The number of carbonyl (C=O) groups is 2. The van der Waals surface area contributed by atoms with Crippen molar-refractivity contribution in [2.24, 2.45) is 0 Å². The fourth-order valence-corrected chi connectivity index (χ4v) is 1.79. The van der Waals surface area contributed by atoms with Crippen LogP contribution in [0.4, 0.5) is 9.93 Å². The SMILES string of the molecule is CCCCOC(=O)ONc1nc(C)c(C(=O)O)s1. The van der Waals surface area contributed by atoms with E-state index in [1.54, 1.807) is 6.92 Å². The van der Waals surface area contributed by atoms with Crippen LogP contribution in [-0.2, 0) is 9.57 Å². The first kappa shape index (κ1) is 14.2. The molecule has 1 heterocycles. The van der Waals surface area contributed by atoms with Crippen LogP contribution in [0.3, 0.4) is 0 Å². The summed E-state index contributed by atoms with van der Waals surface area (Å²) in [6.07, 6.45) is 0.802. The molecule has 0 atom stereocenters. The largest absolute Gasteiger partial charge is 0.533 e. The number of thiazole rings is 1. The van der Waals surface area contributed by atoms with Crippen LogP contribution in [0.25, 0.3) is 0 Å². The number of aryl methyl sites for hydroxylation is 1. The number of aromatic carboxylic acids is 1. The molecule has 0 bridgehead atoms. The molecule has 0 aliphatic carbocycles. The van der Waals surface area contributed by atoms with Gasteiger partial charge in [0.25, 0.3) is 0 Å². The minimum Gasteiger partial charge on any atom is -0.477 e. The van der Waals surface area contributed by atoms with Crippen molar-refractivity contribution in [3.63, 3.8) is 0 Å². The van der Waals surface area contributed by atoms with E-state index in [1.165, 1.54) is 0 Å². The lowest BCUT2D eigenvalue weighted by molar-refractivity contribution is 0.0694. The number of rotatable bonds is 6. The first-order valence-electron chi connectivity index (χ1n) is 5.35. The highest BCUT2D eigenvalue weighted by atomic mass is 32.1. The van der Waals surface area contributed by atoms with Crippen molar-refractivity contribution in [3.05, 3.63) is 10.6 Å². The van der Waals surface area contributed by atoms with E-state index >= 15 is 0 Å². The second-order valence-corrected chi connectivity index (χ2v) is 4.39. The third kappa shape index (κ3) is 4.21. The monoisotopic (exact) mass is 274 g/mol. The third-order valence-corrected chi connectivity index (χ3v) is 2.97. The molecule has 18 heavy (non-hydrogen) atoms. The summed E-state index contributed by atoms with van der Waals surface area (Å²) >= 11 is 0.883. The number of carboxylic acids is 1. The Morgan fingerprint density at radius 3 is 2.78 bits per heavy atom. The molecule has 1 rings (SSSR count). The quantitative estimate of drug-likeness (QED) is 0.467. The molecule has 0 amide bonds. The van der Waals surface area contributed by atoms with Gasteiger partial charge in [-0.05, 0) is 13.3 Å². The van der Waals surface area contributed by atoms with E-state index in [9.17, 15) is 9.59 Å². The molecule has 7 nitrogen and oxygen atoms in total. The maximum Gasteiger partial charge on any atom is 0.533 e. The van der Waals surface area contributed by atoms with Crippen LogP contribution in [-0.4, -0.2) is 28.8 Å². The fourth-order valence-electron chi connectivity index (χ4n) is 1.05. The van der Waals surface area contributed by atoms with Gasteiger partial charge in [0.2, 0.25) is 5.13 Å². The highest BCUT2D eigenvalue weighted by Gasteiger charge is 2.15. The third-order valence-electron chi connectivity index (χ3n) is 1.93. The minimum absolute atomic E-state index is 0.0976. The number of hydrogen-bond donors (Lipinski definition) is 2. The molecule has 0 aliphatic rings. The van der Waals surface area contributed by atoms with Crippen LogP contribution < -0.4 is 5.48 Å². The molecule has 1 aromatic heterocycles. The van der Waals surface area contributed by atoms with Crippen molar-refractivity contribution in [1.29, 1.82) is 0 Å². The van der Waals surface area contributed by atoms with Gasteiger partial charge in [0.15, 0.2) is 0 Å². The summed E-state index contributed by atoms with van der Waals surface area (Å²) in [5, 5.41) is 9.00. The number of nitrogens with zero attached hydrogens (tertiary/aromatic N) is 1. The van der Waals surface area contributed by atoms with E-state index in [1.807, 2.05) is 6.92 Å². The van der Waals surface area contributed by atoms with Crippen LogP contribution in [0.5, 0.6) is 0 Å². The smallest absolute Gasteiger partial charge is 0.477 e. The fraction of sp³-hybridized carbons (Fsp3) is 0.500. The Kier molecular flexibility index (Phi) is 5.37. The van der Waals surface area contributed by atoms with Crippen LogP contribution in [0.15, 0.2) is 0 Å². The number of carbonyl (C=O) groups excluding carboxylic acids is 1. The van der Waals surface area contributed by atoms with E-state index in [2.05, 4.69) is 15.3 Å². The molecule has 0 spiro atoms. The number of nitrogens with one attached hydrogen (secondary N) is 1. The molecule has 0 saturated heterocycles. The Morgan fingerprint density at radius 2 is 2.22 bits per heavy atom. The van der Waals surface area contributed by atoms with Gasteiger partial charge in [-0.1, -0.05) is 24.7 Å². The molecule has 1 aromatic rings. The Morgan fingerprint density at radius 1 is 1.50 bits per heavy atom. The normalized spacial score (nSPS) is 9.89. The molecule has 0 saturated carbocycles. The van der Waals surface area contributed by atoms with Gasteiger partial charge in [-0.2, -0.15) is 5.48 Å². The number of aromatic nitrogens is 1. The molecular weight excluding hydrogens is 260 g/mol. The van der Waals surface area contributed by atoms with Crippen molar-refractivity contribution in [3.8, 4) is 0 Å². The molecule has 0 aliphatic heterocycles. The van der Waals surface area contributed by atoms with Gasteiger partial charge in [0, 0.05) is 0 Å².